The number of nitrogens with two attached hydrogens (primary N) is 1. The molecule has 3 rings (SSSR count). The molecule has 2 aliphatic rings. The van der Waals surface area contributed by atoms with Gasteiger partial charge in [0.1, 0.15) is 5.75 Å². The van der Waals surface area contributed by atoms with E-state index in [0.29, 0.717) is 12.5 Å². The molecule has 4 nitrogen and oxygen atoms in total. The van der Waals surface area contributed by atoms with Crippen molar-refractivity contribution in [2.24, 2.45) is 5.73 Å². The first-order valence-corrected chi connectivity index (χ1v) is 7.46. The van der Waals surface area contributed by atoms with Crippen molar-refractivity contribution in [1.82, 2.24) is 0 Å². The van der Waals surface area contributed by atoms with Crippen LogP contribution in [0, 0.1) is 0 Å². The van der Waals surface area contributed by atoms with Crippen LogP contribution >= 0.6 is 0 Å². The minimum absolute atomic E-state index is 0.189. The van der Waals surface area contributed by atoms with Crippen molar-refractivity contribution in [1.29, 1.82) is 0 Å². The van der Waals surface area contributed by atoms with Crippen LogP contribution in [0.2, 0.25) is 0 Å². The van der Waals surface area contributed by atoms with Gasteiger partial charge >= 0.3 is 0 Å². The SMILES string of the molecule is NCC1(OCC2CCOc3ccccc32)CCOCC1. The van der Waals surface area contributed by atoms with Gasteiger partial charge in [0, 0.05) is 38.5 Å². The monoisotopic (exact) mass is 277 g/mol. The second-order valence-corrected chi connectivity index (χ2v) is 5.68. The minimum Gasteiger partial charge on any atom is -0.493 e. The zero-order chi connectivity index (χ0) is 13.8. The molecular weight excluding hydrogens is 254 g/mol. The van der Waals surface area contributed by atoms with Crippen LogP contribution in [-0.4, -0.2) is 38.6 Å². The van der Waals surface area contributed by atoms with Gasteiger partial charge in [0.2, 0.25) is 0 Å². The maximum absolute atomic E-state index is 6.26. The van der Waals surface area contributed by atoms with Gasteiger partial charge in [0.05, 0.1) is 18.8 Å². The summed E-state index contributed by atoms with van der Waals surface area (Å²) in [6, 6.07) is 8.26. The molecule has 0 saturated carbocycles. The highest BCUT2D eigenvalue weighted by atomic mass is 16.5. The van der Waals surface area contributed by atoms with Crippen LogP contribution in [-0.2, 0) is 9.47 Å². The molecule has 1 saturated heterocycles. The predicted molar refractivity (Wildman–Crippen MR) is 77.1 cm³/mol. The molecule has 0 aliphatic carbocycles. The van der Waals surface area contributed by atoms with Crippen molar-refractivity contribution >= 4 is 0 Å². The number of benzene rings is 1. The van der Waals surface area contributed by atoms with Gasteiger partial charge in [-0.15, -0.1) is 0 Å². The molecule has 2 heterocycles. The first-order valence-electron chi connectivity index (χ1n) is 7.46. The molecule has 2 aliphatic heterocycles. The zero-order valence-corrected chi connectivity index (χ0v) is 11.8. The number of fused-ring (bicyclic) bond motifs is 1. The fourth-order valence-corrected chi connectivity index (χ4v) is 3.02. The molecule has 0 amide bonds. The fraction of sp³-hybridized carbons (Fsp3) is 0.625. The predicted octanol–water partition coefficient (Wildman–Crippen LogP) is 2.08. The van der Waals surface area contributed by atoms with E-state index < -0.39 is 0 Å². The number of hydrogen-bond acceptors (Lipinski definition) is 4. The molecule has 20 heavy (non-hydrogen) atoms. The molecule has 1 atom stereocenters. The van der Waals surface area contributed by atoms with Gasteiger partial charge in [-0.2, -0.15) is 0 Å². The Hall–Kier alpha value is -1.10. The molecule has 0 bridgehead atoms. The second kappa shape index (κ2) is 6.12. The summed E-state index contributed by atoms with van der Waals surface area (Å²) in [6.07, 6.45) is 2.80. The highest BCUT2D eigenvalue weighted by Gasteiger charge is 2.33. The zero-order valence-electron chi connectivity index (χ0n) is 11.8. The summed E-state index contributed by atoms with van der Waals surface area (Å²) in [5.41, 5.74) is 7.02. The molecule has 110 valence electrons. The summed E-state index contributed by atoms with van der Waals surface area (Å²) in [6.45, 7) is 3.56. The first kappa shape index (κ1) is 13.9. The van der Waals surface area contributed by atoms with Crippen LogP contribution in [0.5, 0.6) is 5.75 Å². The van der Waals surface area contributed by atoms with Crippen LogP contribution in [0.3, 0.4) is 0 Å². The second-order valence-electron chi connectivity index (χ2n) is 5.68. The Labute approximate surface area is 120 Å². The Balaban J connectivity index is 1.66. The highest BCUT2D eigenvalue weighted by molar-refractivity contribution is 5.37. The smallest absolute Gasteiger partial charge is 0.122 e. The van der Waals surface area contributed by atoms with Gasteiger partial charge in [0.15, 0.2) is 0 Å². The van der Waals surface area contributed by atoms with Crippen molar-refractivity contribution in [3.05, 3.63) is 29.8 Å². The lowest BCUT2D eigenvalue weighted by Gasteiger charge is -2.38. The fourth-order valence-electron chi connectivity index (χ4n) is 3.02. The summed E-state index contributed by atoms with van der Waals surface area (Å²) in [5.74, 6) is 1.41. The van der Waals surface area contributed by atoms with Crippen LogP contribution < -0.4 is 10.5 Å². The summed E-state index contributed by atoms with van der Waals surface area (Å²) < 4.78 is 17.4. The lowest BCUT2D eigenvalue weighted by molar-refractivity contribution is -0.110. The molecule has 4 heteroatoms. The van der Waals surface area contributed by atoms with Gasteiger partial charge < -0.3 is 19.9 Å². The molecule has 1 aromatic rings. The Bertz CT molecular complexity index is 443. The topological polar surface area (TPSA) is 53.7 Å². The lowest BCUT2D eigenvalue weighted by Crippen LogP contribution is -2.46. The molecule has 0 aromatic heterocycles. The standard InChI is InChI=1S/C16H23NO3/c17-12-16(6-9-18-10-7-16)20-11-13-5-8-19-15-4-2-1-3-14(13)15/h1-4,13H,5-12,17H2. The van der Waals surface area contributed by atoms with Crippen molar-refractivity contribution in [3.63, 3.8) is 0 Å². The van der Waals surface area contributed by atoms with Gasteiger partial charge in [-0.05, 0) is 18.1 Å². The van der Waals surface area contributed by atoms with Gasteiger partial charge in [0.25, 0.3) is 0 Å². The Morgan fingerprint density at radius 1 is 1.20 bits per heavy atom. The number of ether oxygens (including phenoxy) is 3. The van der Waals surface area contributed by atoms with Crippen molar-refractivity contribution in [2.75, 3.05) is 33.0 Å². The van der Waals surface area contributed by atoms with E-state index >= 15 is 0 Å². The molecule has 0 spiro atoms. The van der Waals surface area contributed by atoms with Gasteiger partial charge in [-0.3, -0.25) is 0 Å². The van der Waals surface area contributed by atoms with Crippen LogP contribution in [0.25, 0.3) is 0 Å². The third-order valence-corrected chi connectivity index (χ3v) is 4.45. The lowest BCUT2D eigenvalue weighted by atomic mass is 9.91. The van der Waals surface area contributed by atoms with Crippen molar-refractivity contribution in [2.45, 2.75) is 30.8 Å². The molecule has 1 fully saturated rings. The van der Waals surface area contributed by atoms with Crippen LogP contribution in [0.4, 0.5) is 0 Å². The number of hydrogen-bond donors (Lipinski definition) is 1. The van der Waals surface area contributed by atoms with E-state index in [9.17, 15) is 0 Å². The molecular formula is C16H23NO3. The van der Waals surface area contributed by atoms with E-state index in [1.165, 1.54) is 5.56 Å². The molecule has 1 unspecified atom stereocenters. The first-order chi connectivity index (χ1) is 9.83. The van der Waals surface area contributed by atoms with E-state index in [-0.39, 0.29) is 5.60 Å². The molecule has 1 aromatic carbocycles. The summed E-state index contributed by atoms with van der Waals surface area (Å²) in [5, 5.41) is 0. The maximum atomic E-state index is 6.26. The summed E-state index contributed by atoms with van der Waals surface area (Å²) in [7, 11) is 0. The van der Waals surface area contributed by atoms with E-state index in [0.717, 1.165) is 51.4 Å². The third kappa shape index (κ3) is 2.82. The molecule has 0 radical (unpaired) electrons. The normalized spacial score (nSPS) is 24.8. The van der Waals surface area contributed by atoms with Gasteiger partial charge in [-0.25, -0.2) is 0 Å². The summed E-state index contributed by atoms with van der Waals surface area (Å²) >= 11 is 0. The summed E-state index contributed by atoms with van der Waals surface area (Å²) in [4.78, 5) is 0. The van der Waals surface area contributed by atoms with Crippen molar-refractivity contribution in [3.8, 4) is 5.75 Å². The third-order valence-electron chi connectivity index (χ3n) is 4.45. The van der Waals surface area contributed by atoms with E-state index in [1.807, 2.05) is 12.1 Å². The Kier molecular flexibility index (Phi) is 4.24. The average Bonchev–Trinajstić information content (AvgIpc) is 2.54. The van der Waals surface area contributed by atoms with E-state index in [1.54, 1.807) is 0 Å². The largest absolute Gasteiger partial charge is 0.493 e. The number of para-hydroxylation sites is 1. The van der Waals surface area contributed by atoms with Gasteiger partial charge in [-0.1, -0.05) is 18.2 Å². The average molecular weight is 277 g/mol. The number of rotatable bonds is 4. The molecule has 2 N–H and O–H groups in total. The highest BCUT2D eigenvalue weighted by Crippen LogP contribution is 2.35. The minimum atomic E-state index is -0.189. The van der Waals surface area contributed by atoms with Crippen LogP contribution in [0.15, 0.2) is 24.3 Å². The van der Waals surface area contributed by atoms with Crippen molar-refractivity contribution < 1.29 is 14.2 Å². The Morgan fingerprint density at radius 3 is 2.80 bits per heavy atom. The quantitative estimate of drug-likeness (QED) is 0.915. The van der Waals surface area contributed by atoms with Crippen LogP contribution in [0.1, 0.15) is 30.7 Å². The van der Waals surface area contributed by atoms with E-state index in [4.69, 9.17) is 19.9 Å². The van der Waals surface area contributed by atoms with E-state index in [2.05, 4.69) is 12.1 Å². The Morgan fingerprint density at radius 2 is 2.00 bits per heavy atom. The maximum Gasteiger partial charge on any atom is 0.122 e.